The maximum atomic E-state index is 11.7. The molecule has 0 spiro atoms. The van der Waals surface area contributed by atoms with Crippen molar-refractivity contribution in [3.8, 4) is 0 Å². The summed E-state index contributed by atoms with van der Waals surface area (Å²) < 4.78 is 6.53. The maximum Gasteiger partial charge on any atom is 0.192 e. The molecule has 2 aliphatic rings. The average molecular weight is 278 g/mol. The van der Waals surface area contributed by atoms with E-state index >= 15 is 0 Å². The third-order valence-electron chi connectivity index (χ3n) is 4.87. The van der Waals surface area contributed by atoms with Crippen LogP contribution < -0.4 is 0 Å². The van der Waals surface area contributed by atoms with Crippen LogP contribution in [0.4, 0.5) is 0 Å². The first kappa shape index (κ1) is 14.7. The molecule has 1 saturated carbocycles. The second-order valence-corrected chi connectivity index (χ2v) is 12.3. The highest BCUT2D eigenvalue weighted by Crippen LogP contribution is 2.44. The van der Waals surface area contributed by atoms with Crippen LogP contribution in [0.2, 0.25) is 18.1 Å². The molecular weight excluding hydrogens is 252 g/mol. The number of rotatable bonds is 2. The zero-order valence-electron chi connectivity index (χ0n) is 12.9. The van der Waals surface area contributed by atoms with Gasteiger partial charge in [0.2, 0.25) is 0 Å². The van der Waals surface area contributed by atoms with Crippen molar-refractivity contribution in [1.82, 2.24) is 0 Å². The minimum atomic E-state index is -1.80. The topological polar surface area (TPSA) is 26.3 Å². The van der Waals surface area contributed by atoms with Crippen molar-refractivity contribution in [3.05, 3.63) is 23.8 Å². The summed E-state index contributed by atoms with van der Waals surface area (Å²) in [6.45, 7) is 15.4. The Morgan fingerprint density at radius 2 is 1.89 bits per heavy atom. The number of allylic oxidation sites excluding steroid dienone is 1. The van der Waals surface area contributed by atoms with Crippen molar-refractivity contribution in [1.29, 1.82) is 0 Å². The molecule has 0 N–H and O–H groups in total. The van der Waals surface area contributed by atoms with Gasteiger partial charge in [-0.05, 0) is 48.5 Å². The van der Waals surface area contributed by atoms with Crippen LogP contribution in [-0.4, -0.2) is 20.2 Å². The lowest BCUT2D eigenvalue weighted by molar-refractivity contribution is -0.114. The van der Waals surface area contributed by atoms with Crippen molar-refractivity contribution in [2.24, 2.45) is 5.92 Å². The summed E-state index contributed by atoms with van der Waals surface area (Å²) >= 11 is 0. The smallest absolute Gasteiger partial charge is 0.192 e. The summed E-state index contributed by atoms with van der Waals surface area (Å²) in [5.74, 6) is 0.627. The van der Waals surface area contributed by atoms with Gasteiger partial charge in [-0.3, -0.25) is 4.79 Å². The number of fused-ring (bicyclic) bond motifs is 1. The molecule has 106 valence electrons. The molecule has 0 saturated heterocycles. The molecule has 0 amide bonds. The van der Waals surface area contributed by atoms with Crippen molar-refractivity contribution < 1.29 is 9.22 Å². The fraction of sp³-hybridized carbons (Fsp3) is 0.688. The summed E-state index contributed by atoms with van der Waals surface area (Å²) in [6.07, 6.45) is 4.45. The van der Waals surface area contributed by atoms with Crippen LogP contribution in [0.5, 0.6) is 0 Å². The predicted molar refractivity (Wildman–Crippen MR) is 81.6 cm³/mol. The van der Waals surface area contributed by atoms with Crippen LogP contribution in [0.1, 0.15) is 40.0 Å². The van der Waals surface area contributed by atoms with Gasteiger partial charge in [0.1, 0.15) is 0 Å². The summed E-state index contributed by atoms with van der Waals surface area (Å²) in [5, 5.41) is 0.199. The predicted octanol–water partition coefficient (Wildman–Crippen LogP) is 4.24. The van der Waals surface area contributed by atoms with E-state index in [2.05, 4.69) is 40.4 Å². The molecule has 2 aliphatic carbocycles. The Balaban J connectivity index is 2.21. The number of carbonyl (C=O) groups excluding carboxylic acids is 1. The van der Waals surface area contributed by atoms with Crippen LogP contribution in [0.15, 0.2) is 23.8 Å². The summed E-state index contributed by atoms with van der Waals surface area (Å²) in [5.41, 5.74) is 2.47. The van der Waals surface area contributed by atoms with Gasteiger partial charge >= 0.3 is 0 Å². The average Bonchev–Trinajstić information content (AvgIpc) is 2.56. The molecule has 0 heterocycles. The van der Waals surface area contributed by atoms with E-state index in [0.717, 1.165) is 12.8 Å². The van der Waals surface area contributed by atoms with Gasteiger partial charge < -0.3 is 4.43 Å². The fourth-order valence-corrected chi connectivity index (χ4v) is 4.01. The third-order valence-corrected chi connectivity index (χ3v) is 9.36. The first-order valence-corrected chi connectivity index (χ1v) is 10.1. The number of carbonyl (C=O) groups is 1. The Kier molecular flexibility index (Phi) is 3.65. The molecule has 2 nitrogen and oxygen atoms in total. The lowest BCUT2D eigenvalue weighted by atomic mass is 9.81. The van der Waals surface area contributed by atoms with Crippen LogP contribution in [0.25, 0.3) is 0 Å². The molecule has 1 unspecified atom stereocenters. The van der Waals surface area contributed by atoms with Gasteiger partial charge in [-0.15, -0.1) is 0 Å². The van der Waals surface area contributed by atoms with Crippen LogP contribution in [0, 0.1) is 5.92 Å². The monoisotopic (exact) mass is 278 g/mol. The standard InChI is InChI=1S/C16H26O2Si/c1-11-7-12-9-13(17)10-14(12)15(8-11)18-19(5,6)16(2,3)4/h10,12,15H,1,7-9H2,2-6H3/t12?,15-/m1/s1. The molecule has 0 radical (unpaired) electrons. The van der Waals surface area contributed by atoms with Gasteiger partial charge in [-0.1, -0.05) is 32.9 Å². The molecule has 0 aromatic carbocycles. The van der Waals surface area contributed by atoms with Crippen LogP contribution >= 0.6 is 0 Å². The normalized spacial score (nSPS) is 28.4. The molecule has 0 bridgehead atoms. The fourth-order valence-electron chi connectivity index (χ4n) is 2.72. The Morgan fingerprint density at radius 3 is 2.47 bits per heavy atom. The lowest BCUT2D eigenvalue weighted by Crippen LogP contribution is -2.45. The lowest BCUT2D eigenvalue weighted by Gasteiger charge is -2.42. The second-order valence-electron chi connectivity index (χ2n) is 7.54. The highest BCUT2D eigenvalue weighted by atomic mass is 28.4. The van der Waals surface area contributed by atoms with E-state index in [-0.39, 0.29) is 16.9 Å². The first-order valence-electron chi connectivity index (χ1n) is 7.19. The zero-order chi connectivity index (χ0) is 14.4. The number of hydrogen-bond acceptors (Lipinski definition) is 2. The Hall–Kier alpha value is -0.673. The molecule has 19 heavy (non-hydrogen) atoms. The maximum absolute atomic E-state index is 11.7. The van der Waals surface area contributed by atoms with Gasteiger partial charge in [-0.25, -0.2) is 0 Å². The largest absolute Gasteiger partial charge is 0.410 e. The Morgan fingerprint density at radius 1 is 1.26 bits per heavy atom. The summed E-state index contributed by atoms with van der Waals surface area (Å²) in [4.78, 5) is 11.7. The van der Waals surface area contributed by atoms with Gasteiger partial charge in [-0.2, -0.15) is 0 Å². The highest BCUT2D eigenvalue weighted by molar-refractivity contribution is 6.74. The van der Waals surface area contributed by atoms with Crippen LogP contribution in [0.3, 0.4) is 0 Å². The molecule has 0 aromatic rings. The quantitative estimate of drug-likeness (QED) is 0.558. The SMILES string of the molecule is C=C1CC2CC(=O)C=C2[C@H](O[Si](C)(C)C(C)(C)C)C1. The Bertz CT molecular complexity index is 440. The van der Waals surface area contributed by atoms with E-state index in [1.807, 2.05) is 6.08 Å². The van der Waals surface area contributed by atoms with E-state index in [1.165, 1.54) is 11.1 Å². The molecule has 2 atom stereocenters. The van der Waals surface area contributed by atoms with E-state index in [1.54, 1.807) is 0 Å². The van der Waals surface area contributed by atoms with Gasteiger partial charge in [0.15, 0.2) is 14.1 Å². The van der Waals surface area contributed by atoms with Gasteiger partial charge in [0.25, 0.3) is 0 Å². The van der Waals surface area contributed by atoms with Crippen molar-refractivity contribution in [3.63, 3.8) is 0 Å². The van der Waals surface area contributed by atoms with E-state index < -0.39 is 8.32 Å². The van der Waals surface area contributed by atoms with Crippen molar-refractivity contribution in [2.75, 3.05) is 0 Å². The van der Waals surface area contributed by atoms with E-state index in [4.69, 9.17) is 4.43 Å². The highest BCUT2D eigenvalue weighted by Gasteiger charge is 2.43. The molecule has 0 aromatic heterocycles. The number of hydrogen-bond donors (Lipinski definition) is 0. The third kappa shape index (κ3) is 2.92. The summed E-state index contributed by atoms with van der Waals surface area (Å²) in [6, 6.07) is 0. The van der Waals surface area contributed by atoms with Gasteiger partial charge in [0, 0.05) is 6.42 Å². The van der Waals surface area contributed by atoms with Crippen molar-refractivity contribution >= 4 is 14.1 Å². The molecule has 0 aliphatic heterocycles. The van der Waals surface area contributed by atoms with Crippen LogP contribution in [-0.2, 0) is 9.22 Å². The minimum absolute atomic E-state index is 0.0959. The first-order chi connectivity index (χ1) is 8.60. The minimum Gasteiger partial charge on any atom is -0.410 e. The molecule has 1 fully saturated rings. The number of ketones is 1. The van der Waals surface area contributed by atoms with E-state index in [0.29, 0.717) is 12.3 Å². The van der Waals surface area contributed by atoms with E-state index in [9.17, 15) is 4.79 Å². The second kappa shape index (κ2) is 4.71. The summed E-state index contributed by atoms with van der Waals surface area (Å²) in [7, 11) is -1.80. The van der Waals surface area contributed by atoms with Gasteiger partial charge in [0.05, 0.1) is 6.10 Å². The zero-order valence-corrected chi connectivity index (χ0v) is 13.9. The molecule has 2 rings (SSSR count). The Labute approximate surface area is 118 Å². The molecular formula is C16H26O2Si. The van der Waals surface area contributed by atoms with Crippen molar-refractivity contribution in [2.45, 2.75) is 64.3 Å². The molecule has 3 heteroatoms.